The molecule has 1 aromatic carbocycles. The molecule has 0 radical (unpaired) electrons. The van der Waals surface area contributed by atoms with Crippen molar-refractivity contribution in [2.45, 2.75) is 31.7 Å². The van der Waals surface area contributed by atoms with Gasteiger partial charge in [0, 0.05) is 12.5 Å². The van der Waals surface area contributed by atoms with Gasteiger partial charge in [0.1, 0.15) is 11.6 Å². The Bertz CT molecular complexity index is 374. The number of amides is 1. The lowest BCUT2D eigenvalue weighted by atomic mass is 10.3. The van der Waals surface area contributed by atoms with Crippen molar-refractivity contribution in [1.29, 1.82) is 0 Å². The van der Waals surface area contributed by atoms with E-state index >= 15 is 0 Å². The van der Waals surface area contributed by atoms with Crippen LogP contribution >= 0.6 is 0 Å². The van der Waals surface area contributed by atoms with E-state index in [-0.39, 0.29) is 11.7 Å². The third-order valence-electron chi connectivity index (χ3n) is 2.57. The van der Waals surface area contributed by atoms with Gasteiger partial charge in [-0.25, -0.2) is 4.39 Å². The van der Waals surface area contributed by atoms with Crippen LogP contribution in [0.3, 0.4) is 0 Å². The van der Waals surface area contributed by atoms with Crippen LogP contribution in [0.1, 0.15) is 25.7 Å². The van der Waals surface area contributed by atoms with Crippen molar-refractivity contribution in [3.63, 3.8) is 0 Å². The van der Waals surface area contributed by atoms with Gasteiger partial charge in [0.05, 0.1) is 6.61 Å². The summed E-state index contributed by atoms with van der Waals surface area (Å²) in [6.07, 6.45) is 3.38. The predicted octanol–water partition coefficient (Wildman–Crippen LogP) is 2.26. The van der Waals surface area contributed by atoms with E-state index in [2.05, 4.69) is 5.32 Å². The minimum atomic E-state index is -0.277. The van der Waals surface area contributed by atoms with Crippen LogP contribution in [-0.4, -0.2) is 18.6 Å². The molecule has 0 spiro atoms. The molecule has 1 aliphatic carbocycles. The lowest BCUT2D eigenvalue weighted by Crippen LogP contribution is -2.25. The second-order valence-electron chi connectivity index (χ2n) is 4.25. The molecule has 1 saturated carbocycles. The molecule has 1 aromatic rings. The van der Waals surface area contributed by atoms with E-state index in [4.69, 9.17) is 4.74 Å². The normalized spacial score (nSPS) is 14.4. The summed E-state index contributed by atoms with van der Waals surface area (Å²) in [4.78, 5) is 11.3. The summed E-state index contributed by atoms with van der Waals surface area (Å²) in [7, 11) is 0. The number of carbonyl (C=O) groups excluding carboxylic acids is 1. The summed E-state index contributed by atoms with van der Waals surface area (Å²) in [5, 5.41) is 2.92. The van der Waals surface area contributed by atoms with Gasteiger partial charge in [-0.15, -0.1) is 0 Å². The van der Waals surface area contributed by atoms with Crippen molar-refractivity contribution in [3.8, 4) is 5.75 Å². The molecule has 4 heteroatoms. The molecular formula is C13H16FNO2. The number of rotatable bonds is 6. The van der Waals surface area contributed by atoms with Gasteiger partial charge in [-0.2, -0.15) is 0 Å². The fraction of sp³-hybridized carbons (Fsp3) is 0.462. The van der Waals surface area contributed by atoms with Gasteiger partial charge in [-0.05, 0) is 43.5 Å². The SMILES string of the molecule is O=C(CCCOc1ccc(F)cc1)NC1CC1. The standard InChI is InChI=1S/C13H16FNO2/c14-10-3-7-12(8-4-10)17-9-1-2-13(16)15-11-5-6-11/h3-4,7-8,11H,1-2,5-6,9H2,(H,15,16). The molecule has 1 N–H and O–H groups in total. The van der Waals surface area contributed by atoms with Crippen molar-refractivity contribution < 1.29 is 13.9 Å². The maximum atomic E-state index is 12.6. The Hall–Kier alpha value is -1.58. The van der Waals surface area contributed by atoms with Gasteiger partial charge in [-0.3, -0.25) is 4.79 Å². The molecule has 92 valence electrons. The van der Waals surface area contributed by atoms with E-state index in [0.717, 1.165) is 12.8 Å². The van der Waals surface area contributed by atoms with E-state index < -0.39 is 0 Å². The summed E-state index contributed by atoms with van der Waals surface area (Å²) in [6, 6.07) is 6.30. The highest BCUT2D eigenvalue weighted by molar-refractivity contribution is 5.76. The molecule has 17 heavy (non-hydrogen) atoms. The lowest BCUT2D eigenvalue weighted by Gasteiger charge is -2.06. The topological polar surface area (TPSA) is 38.3 Å². The van der Waals surface area contributed by atoms with Crippen LogP contribution in [-0.2, 0) is 4.79 Å². The van der Waals surface area contributed by atoms with Crippen LogP contribution in [0.5, 0.6) is 5.75 Å². The van der Waals surface area contributed by atoms with Gasteiger partial charge >= 0.3 is 0 Å². The van der Waals surface area contributed by atoms with Crippen molar-refractivity contribution in [2.24, 2.45) is 0 Å². The molecule has 0 unspecified atom stereocenters. The molecule has 1 amide bonds. The second-order valence-corrected chi connectivity index (χ2v) is 4.25. The van der Waals surface area contributed by atoms with E-state index in [1.165, 1.54) is 12.1 Å². The average Bonchev–Trinajstić information content (AvgIpc) is 3.11. The van der Waals surface area contributed by atoms with Crippen molar-refractivity contribution in [2.75, 3.05) is 6.61 Å². The molecule has 0 saturated heterocycles. The van der Waals surface area contributed by atoms with Gasteiger partial charge in [-0.1, -0.05) is 0 Å². The summed E-state index contributed by atoms with van der Waals surface area (Å²) in [5.41, 5.74) is 0. The zero-order valence-corrected chi connectivity index (χ0v) is 9.62. The highest BCUT2D eigenvalue weighted by Gasteiger charge is 2.22. The van der Waals surface area contributed by atoms with Crippen molar-refractivity contribution in [3.05, 3.63) is 30.1 Å². The third kappa shape index (κ3) is 4.43. The smallest absolute Gasteiger partial charge is 0.220 e. The number of hydrogen-bond acceptors (Lipinski definition) is 2. The second kappa shape index (κ2) is 5.66. The minimum Gasteiger partial charge on any atom is -0.494 e. The molecule has 0 aliphatic heterocycles. The van der Waals surface area contributed by atoms with Crippen molar-refractivity contribution >= 4 is 5.91 Å². The lowest BCUT2D eigenvalue weighted by molar-refractivity contribution is -0.121. The fourth-order valence-electron chi connectivity index (χ4n) is 1.48. The highest BCUT2D eigenvalue weighted by Crippen LogP contribution is 2.18. The van der Waals surface area contributed by atoms with E-state index in [0.29, 0.717) is 31.2 Å². The first-order valence-corrected chi connectivity index (χ1v) is 5.92. The Morgan fingerprint density at radius 3 is 2.71 bits per heavy atom. The Morgan fingerprint density at radius 1 is 1.35 bits per heavy atom. The monoisotopic (exact) mass is 237 g/mol. The zero-order valence-electron chi connectivity index (χ0n) is 9.62. The molecule has 0 heterocycles. The molecule has 3 nitrogen and oxygen atoms in total. The first-order valence-electron chi connectivity index (χ1n) is 5.92. The maximum Gasteiger partial charge on any atom is 0.220 e. The fourth-order valence-corrected chi connectivity index (χ4v) is 1.48. The Labute approximate surface area is 100.0 Å². The van der Waals surface area contributed by atoms with Gasteiger partial charge in [0.2, 0.25) is 5.91 Å². The Balaban J connectivity index is 1.59. The molecule has 0 aromatic heterocycles. The predicted molar refractivity (Wildman–Crippen MR) is 62.3 cm³/mol. The van der Waals surface area contributed by atoms with Gasteiger partial charge in [0.25, 0.3) is 0 Å². The Morgan fingerprint density at radius 2 is 2.06 bits per heavy atom. The number of carbonyl (C=O) groups is 1. The van der Waals surface area contributed by atoms with Crippen LogP contribution in [0.2, 0.25) is 0 Å². The van der Waals surface area contributed by atoms with Crippen LogP contribution in [0.4, 0.5) is 4.39 Å². The number of benzene rings is 1. The average molecular weight is 237 g/mol. The number of nitrogens with one attached hydrogen (secondary N) is 1. The van der Waals surface area contributed by atoms with Gasteiger partial charge in [0.15, 0.2) is 0 Å². The molecule has 0 bridgehead atoms. The minimum absolute atomic E-state index is 0.0928. The van der Waals surface area contributed by atoms with Crippen LogP contribution in [0.25, 0.3) is 0 Å². The summed E-state index contributed by atoms with van der Waals surface area (Å²) in [6.45, 7) is 0.476. The number of hydrogen-bond donors (Lipinski definition) is 1. The molecule has 0 atom stereocenters. The van der Waals surface area contributed by atoms with E-state index in [1.807, 2.05) is 0 Å². The molecule has 1 fully saturated rings. The Kier molecular flexibility index (Phi) is 3.96. The molecular weight excluding hydrogens is 221 g/mol. The summed E-state index contributed by atoms with van der Waals surface area (Å²) < 4.78 is 18.0. The van der Waals surface area contributed by atoms with Crippen LogP contribution in [0, 0.1) is 5.82 Å². The first kappa shape index (κ1) is 11.9. The summed E-state index contributed by atoms with van der Waals surface area (Å²) in [5.74, 6) is 0.449. The first-order chi connectivity index (χ1) is 8.24. The quantitative estimate of drug-likeness (QED) is 0.771. The third-order valence-corrected chi connectivity index (χ3v) is 2.57. The molecule has 2 rings (SSSR count). The zero-order chi connectivity index (χ0) is 12.1. The maximum absolute atomic E-state index is 12.6. The van der Waals surface area contributed by atoms with Gasteiger partial charge < -0.3 is 10.1 Å². The summed E-state index contributed by atoms with van der Waals surface area (Å²) >= 11 is 0. The van der Waals surface area contributed by atoms with E-state index in [1.54, 1.807) is 12.1 Å². The number of ether oxygens (including phenoxy) is 1. The van der Waals surface area contributed by atoms with E-state index in [9.17, 15) is 9.18 Å². The van der Waals surface area contributed by atoms with Crippen LogP contribution < -0.4 is 10.1 Å². The molecule has 1 aliphatic rings. The number of halogens is 1. The van der Waals surface area contributed by atoms with Crippen molar-refractivity contribution in [1.82, 2.24) is 5.32 Å². The largest absolute Gasteiger partial charge is 0.494 e. The van der Waals surface area contributed by atoms with Crippen LogP contribution in [0.15, 0.2) is 24.3 Å². The highest BCUT2D eigenvalue weighted by atomic mass is 19.1.